The van der Waals surface area contributed by atoms with Crippen LogP contribution in [0, 0.1) is 6.92 Å². The molecule has 1 saturated heterocycles. The molecule has 5 nitrogen and oxygen atoms in total. The van der Waals surface area contributed by atoms with Crippen LogP contribution in [0.15, 0.2) is 78.3 Å². The van der Waals surface area contributed by atoms with Crippen molar-refractivity contribution in [2.75, 3.05) is 13.2 Å². The smallest absolute Gasteiger partial charge is 0.449 e. The molecule has 5 rings (SSSR count). The lowest BCUT2D eigenvalue weighted by atomic mass is 9.76. The van der Waals surface area contributed by atoms with Crippen molar-refractivity contribution in [1.29, 1.82) is 0 Å². The summed E-state index contributed by atoms with van der Waals surface area (Å²) < 4.78 is 18.4. The van der Waals surface area contributed by atoms with Gasteiger partial charge in [-0.3, -0.25) is 0 Å². The fourth-order valence-corrected chi connectivity index (χ4v) is 4.97. The number of ether oxygens (including phenoxy) is 1. The van der Waals surface area contributed by atoms with Crippen LogP contribution in [0.25, 0.3) is 17.2 Å². The van der Waals surface area contributed by atoms with Gasteiger partial charge in [-0.15, -0.1) is 0 Å². The van der Waals surface area contributed by atoms with Gasteiger partial charge < -0.3 is 19.4 Å². The molecule has 1 heterocycles. The lowest BCUT2D eigenvalue weighted by Gasteiger charge is -2.32. The number of carbonyl (C=O) groups excluding carboxylic acids is 1. The zero-order chi connectivity index (χ0) is 26.2. The molecule has 1 amide bonds. The van der Waals surface area contributed by atoms with Gasteiger partial charge in [0.15, 0.2) is 0 Å². The number of aryl methyl sites for hydroxylation is 1. The third-order valence-electron chi connectivity index (χ3n) is 7.87. The average molecular weight is 495 g/mol. The van der Waals surface area contributed by atoms with Crippen molar-refractivity contribution < 1.29 is 18.8 Å². The number of carbonyl (C=O) groups is 1. The third-order valence-corrected chi connectivity index (χ3v) is 7.87. The van der Waals surface area contributed by atoms with E-state index < -0.39 is 24.4 Å². The van der Waals surface area contributed by atoms with Gasteiger partial charge in [-0.25, -0.2) is 4.79 Å². The van der Waals surface area contributed by atoms with E-state index >= 15 is 0 Å². The van der Waals surface area contributed by atoms with Gasteiger partial charge in [0, 0.05) is 12.5 Å². The molecule has 1 fully saturated rings. The molecule has 6 heteroatoms. The first kappa shape index (κ1) is 25.3. The van der Waals surface area contributed by atoms with E-state index in [-0.39, 0.29) is 19.1 Å². The minimum atomic E-state index is -0.571. The Labute approximate surface area is 220 Å². The van der Waals surface area contributed by atoms with E-state index in [1.807, 2.05) is 76.2 Å². The number of amides is 1. The first-order valence-corrected chi connectivity index (χ1v) is 12.9. The second-order valence-electron chi connectivity index (χ2n) is 10.8. The highest BCUT2D eigenvalue weighted by Gasteiger charge is 2.52. The molecule has 1 N–H and O–H groups in total. The summed E-state index contributed by atoms with van der Waals surface area (Å²) in [6.07, 6.45) is 1.58. The van der Waals surface area contributed by atoms with Crippen LogP contribution in [0.2, 0.25) is 0 Å². The van der Waals surface area contributed by atoms with E-state index in [1.54, 1.807) is 0 Å². The molecule has 2 aliphatic rings. The average Bonchev–Trinajstić information content (AvgIpc) is 3.30. The summed E-state index contributed by atoms with van der Waals surface area (Å²) in [4.78, 5) is 12.9. The van der Waals surface area contributed by atoms with Gasteiger partial charge in [0.25, 0.3) is 0 Å². The molecule has 0 spiro atoms. The van der Waals surface area contributed by atoms with Crippen LogP contribution in [0.5, 0.6) is 0 Å². The van der Waals surface area contributed by atoms with Gasteiger partial charge in [0.1, 0.15) is 6.61 Å². The molecule has 37 heavy (non-hydrogen) atoms. The number of rotatable bonds is 6. The zero-order valence-electron chi connectivity index (χ0n) is 22.2. The lowest BCUT2D eigenvalue weighted by Crippen LogP contribution is -2.41. The predicted molar refractivity (Wildman–Crippen MR) is 148 cm³/mol. The standard InChI is InChI=1S/C31H34BNO4/c1-21-12-6-7-13-22(21)18-23(32-36-30(2,3)31(4,5)37-32)19-33-29(34)35-20-28-26-16-10-8-14-24(26)25-15-9-11-17-27(25)28/h6-18,28H,19-20H2,1-5H3,(H,33,34). The molecular formula is C31H34BNO4. The summed E-state index contributed by atoms with van der Waals surface area (Å²) in [5.41, 5.74) is 6.86. The van der Waals surface area contributed by atoms with E-state index in [9.17, 15) is 4.79 Å². The summed E-state index contributed by atoms with van der Waals surface area (Å²) >= 11 is 0. The van der Waals surface area contributed by atoms with E-state index in [4.69, 9.17) is 14.0 Å². The maximum atomic E-state index is 12.9. The van der Waals surface area contributed by atoms with Crippen LogP contribution in [0.1, 0.15) is 55.9 Å². The molecule has 0 bridgehead atoms. The van der Waals surface area contributed by atoms with Gasteiger partial charge in [-0.2, -0.15) is 0 Å². The molecular weight excluding hydrogens is 461 g/mol. The largest absolute Gasteiger partial charge is 0.492 e. The number of nitrogens with one attached hydrogen (secondary N) is 1. The fourth-order valence-electron chi connectivity index (χ4n) is 4.97. The van der Waals surface area contributed by atoms with Crippen LogP contribution >= 0.6 is 0 Å². The van der Waals surface area contributed by atoms with Crippen LogP contribution in [0.3, 0.4) is 0 Å². The molecule has 3 aromatic rings. The Morgan fingerprint density at radius 3 is 2.03 bits per heavy atom. The summed E-state index contributed by atoms with van der Waals surface area (Å²) in [7, 11) is -0.571. The second kappa shape index (κ2) is 9.84. The van der Waals surface area contributed by atoms with E-state index in [0.717, 1.165) is 16.6 Å². The maximum absolute atomic E-state index is 12.9. The Hall–Kier alpha value is -3.35. The Morgan fingerprint density at radius 1 is 0.892 bits per heavy atom. The first-order chi connectivity index (χ1) is 17.7. The van der Waals surface area contributed by atoms with Gasteiger partial charge >= 0.3 is 13.2 Å². The van der Waals surface area contributed by atoms with Crippen molar-refractivity contribution in [3.05, 3.63) is 101 Å². The van der Waals surface area contributed by atoms with Gasteiger partial charge in [0.2, 0.25) is 0 Å². The Morgan fingerprint density at radius 2 is 1.43 bits per heavy atom. The van der Waals surface area contributed by atoms with E-state index in [2.05, 4.69) is 42.6 Å². The molecule has 0 radical (unpaired) electrons. The van der Waals surface area contributed by atoms with Crippen molar-refractivity contribution in [2.24, 2.45) is 0 Å². The Kier molecular flexibility index (Phi) is 6.73. The second-order valence-corrected chi connectivity index (χ2v) is 10.8. The zero-order valence-corrected chi connectivity index (χ0v) is 22.2. The summed E-state index contributed by atoms with van der Waals surface area (Å²) in [5, 5.41) is 2.94. The molecule has 3 aromatic carbocycles. The number of alkyl carbamates (subject to hydrolysis) is 1. The fraction of sp³-hybridized carbons (Fsp3) is 0.323. The highest BCUT2D eigenvalue weighted by atomic mass is 16.7. The van der Waals surface area contributed by atoms with Gasteiger partial charge in [-0.1, -0.05) is 78.9 Å². The molecule has 1 aliphatic heterocycles. The quantitative estimate of drug-likeness (QED) is 0.394. The van der Waals surface area contributed by atoms with Crippen molar-refractivity contribution in [3.8, 4) is 11.1 Å². The monoisotopic (exact) mass is 495 g/mol. The molecule has 0 saturated carbocycles. The lowest BCUT2D eigenvalue weighted by molar-refractivity contribution is 0.00578. The Bertz CT molecular complexity index is 1280. The SMILES string of the molecule is Cc1ccccc1C=C(CNC(=O)OCC1c2ccccc2-c2ccccc21)B1OC(C)(C)C(C)(C)O1. The molecule has 1 aliphatic carbocycles. The Balaban J connectivity index is 1.30. The van der Waals surface area contributed by atoms with Crippen molar-refractivity contribution >= 4 is 19.3 Å². The van der Waals surface area contributed by atoms with Crippen molar-refractivity contribution in [2.45, 2.75) is 51.7 Å². The van der Waals surface area contributed by atoms with Crippen molar-refractivity contribution in [1.82, 2.24) is 5.32 Å². The molecule has 0 aromatic heterocycles. The minimum absolute atomic E-state index is 0.0169. The normalized spacial score (nSPS) is 17.9. The summed E-state index contributed by atoms with van der Waals surface area (Å²) in [6.45, 7) is 10.7. The number of benzene rings is 3. The van der Waals surface area contributed by atoms with Gasteiger partial charge in [-0.05, 0) is 73.5 Å². The van der Waals surface area contributed by atoms with Gasteiger partial charge in [0.05, 0.1) is 11.2 Å². The topological polar surface area (TPSA) is 56.8 Å². The van der Waals surface area contributed by atoms with Crippen LogP contribution in [-0.2, 0) is 14.0 Å². The molecule has 0 unspecified atom stereocenters. The third kappa shape index (κ3) is 4.96. The van der Waals surface area contributed by atoms with Crippen molar-refractivity contribution in [3.63, 3.8) is 0 Å². The summed E-state index contributed by atoms with van der Waals surface area (Å²) in [6, 6.07) is 24.8. The predicted octanol–water partition coefficient (Wildman–Crippen LogP) is 6.55. The summed E-state index contributed by atoms with van der Waals surface area (Å²) in [5.74, 6) is 0.0169. The number of fused-ring (bicyclic) bond motifs is 3. The molecule has 0 atom stereocenters. The minimum Gasteiger partial charge on any atom is -0.449 e. The van der Waals surface area contributed by atoms with E-state index in [0.29, 0.717) is 0 Å². The highest BCUT2D eigenvalue weighted by Crippen LogP contribution is 2.44. The van der Waals surface area contributed by atoms with Crippen LogP contribution < -0.4 is 5.32 Å². The first-order valence-electron chi connectivity index (χ1n) is 12.9. The molecule has 190 valence electrons. The highest BCUT2D eigenvalue weighted by molar-refractivity contribution is 6.56. The maximum Gasteiger partial charge on any atom is 0.492 e. The van der Waals surface area contributed by atoms with E-state index in [1.165, 1.54) is 22.3 Å². The number of hydrogen-bond acceptors (Lipinski definition) is 4. The number of hydrogen-bond donors (Lipinski definition) is 1. The van der Waals surface area contributed by atoms with Crippen LogP contribution in [0.4, 0.5) is 4.79 Å². The van der Waals surface area contributed by atoms with Crippen LogP contribution in [-0.4, -0.2) is 37.6 Å².